The van der Waals surface area contributed by atoms with Crippen molar-refractivity contribution in [3.63, 3.8) is 0 Å². The van der Waals surface area contributed by atoms with Crippen molar-refractivity contribution in [2.45, 2.75) is 6.29 Å². The van der Waals surface area contributed by atoms with Gasteiger partial charge in [-0.3, -0.25) is 0 Å². The molecule has 1 saturated heterocycles. The van der Waals surface area contributed by atoms with Gasteiger partial charge in [-0.15, -0.1) is 0 Å². The maximum absolute atomic E-state index is 8.56. The Labute approximate surface area is 48.0 Å². The molecule has 1 unspecified atom stereocenters. The molecule has 0 amide bonds. The highest BCUT2D eigenvalue weighted by atomic mass is 16.7. The van der Waals surface area contributed by atoms with Crippen molar-refractivity contribution >= 4 is 0 Å². The summed E-state index contributed by atoms with van der Waals surface area (Å²) in [5.74, 6) is 0. The second-order valence-electron chi connectivity index (χ2n) is 1.40. The lowest BCUT2D eigenvalue weighted by Crippen LogP contribution is -2.27. The molecule has 4 nitrogen and oxygen atoms in total. The molecule has 0 radical (unpaired) electrons. The summed E-state index contributed by atoms with van der Waals surface area (Å²) in [6.45, 7) is 1.44. The average molecular weight is 121 g/mol. The van der Waals surface area contributed by atoms with E-state index in [4.69, 9.17) is 14.6 Å². The molecule has 4 heteroatoms. The predicted octanol–water partition coefficient (Wildman–Crippen LogP) is -0.486. The standard InChI is InChI=1S/C4H8O3.H3N/c5-4-3-6-1-2-7-4;/h4-5H,1-3H2;1H3. The molecular formula is C4H11NO3. The van der Waals surface area contributed by atoms with Gasteiger partial charge in [0.15, 0.2) is 6.29 Å². The first-order valence-electron chi connectivity index (χ1n) is 2.27. The Kier molecular flexibility index (Phi) is 3.72. The zero-order valence-corrected chi connectivity index (χ0v) is 4.67. The van der Waals surface area contributed by atoms with Crippen molar-refractivity contribution in [3.8, 4) is 0 Å². The van der Waals surface area contributed by atoms with Gasteiger partial charge in [-0.1, -0.05) is 0 Å². The largest absolute Gasteiger partial charge is 0.374 e. The van der Waals surface area contributed by atoms with Crippen molar-refractivity contribution in [1.29, 1.82) is 0 Å². The Hall–Kier alpha value is -0.160. The van der Waals surface area contributed by atoms with Crippen molar-refractivity contribution in [3.05, 3.63) is 0 Å². The summed E-state index contributed by atoms with van der Waals surface area (Å²) < 4.78 is 9.52. The fourth-order valence-corrected chi connectivity index (χ4v) is 0.475. The van der Waals surface area contributed by atoms with Gasteiger partial charge in [-0.05, 0) is 0 Å². The molecule has 0 bridgehead atoms. The lowest BCUT2D eigenvalue weighted by molar-refractivity contribution is -0.184. The zero-order valence-electron chi connectivity index (χ0n) is 4.67. The number of hydrogen-bond donors (Lipinski definition) is 2. The summed E-state index contributed by atoms with van der Waals surface area (Å²) in [7, 11) is 0. The first-order valence-corrected chi connectivity index (χ1v) is 2.27. The molecule has 0 aliphatic carbocycles. The summed E-state index contributed by atoms with van der Waals surface area (Å²) in [5, 5.41) is 8.56. The molecular weight excluding hydrogens is 110 g/mol. The Morgan fingerprint density at radius 1 is 1.38 bits per heavy atom. The summed E-state index contributed by atoms with van der Waals surface area (Å²) in [4.78, 5) is 0. The quantitative estimate of drug-likeness (QED) is 0.453. The van der Waals surface area contributed by atoms with Crippen molar-refractivity contribution in [2.75, 3.05) is 19.8 Å². The fourth-order valence-electron chi connectivity index (χ4n) is 0.475. The van der Waals surface area contributed by atoms with Crippen LogP contribution in [0.25, 0.3) is 0 Å². The van der Waals surface area contributed by atoms with Gasteiger partial charge < -0.3 is 20.7 Å². The highest BCUT2D eigenvalue weighted by Crippen LogP contribution is 1.94. The van der Waals surface area contributed by atoms with Crippen LogP contribution in [0, 0.1) is 0 Å². The van der Waals surface area contributed by atoms with Crippen molar-refractivity contribution in [2.24, 2.45) is 0 Å². The fraction of sp³-hybridized carbons (Fsp3) is 1.00. The Bertz CT molecular complexity index is 53.2. The third-order valence-electron chi connectivity index (χ3n) is 0.798. The Balaban J connectivity index is 0.000000490. The molecule has 0 aromatic rings. The van der Waals surface area contributed by atoms with E-state index in [1.54, 1.807) is 0 Å². The van der Waals surface area contributed by atoms with E-state index in [9.17, 15) is 0 Å². The second kappa shape index (κ2) is 3.80. The summed E-state index contributed by atoms with van der Waals surface area (Å²) >= 11 is 0. The van der Waals surface area contributed by atoms with Crippen molar-refractivity contribution in [1.82, 2.24) is 6.15 Å². The van der Waals surface area contributed by atoms with E-state index in [1.807, 2.05) is 0 Å². The molecule has 4 N–H and O–H groups in total. The van der Waals surface area contributed by atoms with Gasteiger partial charge in [0.25, 0.3) is 0 Å². The van der Waals surface area contributed by atoms with Crippen molar-refractivity contribution < 1.29 is 14.6 Å². The van der Waals surface area contributed by atoms with Crippen LogP contribution < -0.4 is 6.15 Å². The van der Waals surface area contributed by atoms with Gasteiger partial charge in [0.05, 0.1) is 19.8 Å². The minimum atomic E-state index is -0.686. The van der Waals surface area contributed by atoms with Gasteiger partial charge in [-0.25, -0.2) is 0 Å². The number of aliphatic hydroxyl groups is 1. The number of rotatable bonds is 0. The maximum Gasteiger partial charge on any atom is 0.178 e. The molecule has 0 saturated carbocycles. The van der Waals surface area contributed by atoms with Crippen LogP contribution >= 0.6 is 0 Å². The summed E-state index contributed by atoms with van der Waals surface area (Å²) in [5.41, 5.74) is 0. The Morgan fingerprint density at radius 2 is 2.12 bits per heavy atom. The molecule has 1 aliphatic heterocycles. The smallest absolute Gasteiger partial charge is 0.178 e. The van der Waals surface area contributed by atoms with E-state index in [0.29, 0.717) is 19.8 Å². The molecule has 8 heavy (non-hydrogen) atoms. The summed E-state index contributed by atoms with van der Waals surface area (Å²) in [6.07, 6.45) is -0.686. The molecule has 50 valence electrons. The normalized spacial score (nSPS) is 28.9. The van der Waals surface area contributed by atoms with Crippen LogP contribution in [0.4, 0.5) is 0 Å². The van der Waals surface area contributed by atoms with Crippen LogP contribution in [-0.2, 0) is 9.47 Å². The molecule has 0 spiro atoms. The van der Waals surface area contributed by atoms with E-state index in [-0.39, 0.29) is 6.15 Å². The highest BCUT2D eigenvalue weighted by molar-refractivity contribution is 4.43. The SMILES string of the molecule is N.OC1COCCO1. The van der Waals surface area contributed by atoms with Gasteiger partial charge in [0.1, 0.15) is 0 Å². The first kappa shape index (κ1) is 7.84. The van der Waals surface area contributed by atoms with E-state index in [1.165, 1.54) is 0 Å². The van der Waals surface area contributed by atoms with Crippen LogP contribution in [0.1, 0.15) is 0 Å². The Morgan fingerprint density at radius 3 is 2.38 bits per heavy atom. The molecule has 1 rings (SSSR count). The lowest BCUT2D eigenvalue weighted by atomic mass is 10.6. The highest BCUT2D eigenvalue weighted by Gasteiger charge is 2.07. The van der Waals surface area contributed by atoms with E-state index >= 15 is 0 Å². The maximum atomic E-state index is 8.56. The number of hydrogen-bond acceptors (Lipinski definition) is 4. The predicted molar refractivity (Wildman–Crippen MR) is 27.8 cm³/mol. The van der Waals surface area contributed by atoms with Crippen LogP contribution in [0.5, 0.6) is 0 Å². The molecule has 1 aliphatic rings. The van der Waals surface area contributed by atoms with Gasteiger partial charge >= 0.3 is 0 Å². The third kappa shape index (κ3) is 2.23. The van der Waals surface area contributed by atoms with Crippen LogP contribution in [0.15, 0.2) is 0 Å². The van der Waals surface area contributed by atoms with Gasteiger partial charge in [-0.2, -0.15) is 0 Å². The zero-order chi connectivity index (χ0) is 5.11. The third-order valence-corrected chi connectivity index (χ3v) is 0.798. The molecule has 1 fully saturated rings. The van der Waals surface area contributed by atoms with Crippen LogP contribution in [-0.4, -0.2) is 31.2 Å². The monoisotopic (exact) mass is 121 g/mol. The second-order valence-corrected chi connectivity index (χ2v) is 1.40. The summed E-state index contributed by atoms with van der Waals surface area (Å²) in [6, 6.07) is 0. The average Bonchev–Trinajstić information content (AvgIpc) is 1.69. The lowest BCUT2D eigenvalue weighted by Gasteiger charge is -2.16. The van der Waals surface area contributed by atoms with Crippen LogP contribution in [0.3, 0.4) is 0 Å². The first-order chi connectivity index (χ1) is 3.39. The molecule has 0 aromatic carbocycles. The van der Waals surface area contributed by atoms with E-state index < -0.39 is 6.29 Å². The van der Waals surface area contributed by atoms with E-state index in [0.717, 1.165) is 0 Å². The van der Waals surface area contributed by atoms with Crippen LogP contribution in [0.2, 0.25) is 0 Å². The van der Waals surface area contributed by atoms with E-state index in [2.05, 4.69) is 0 Å². The molecule has 0 aromatic heterocycles. The number of aliphatic hydroxyl groups excluding tert-OH is 1. The topological polar surface area (TPSA) is 73.7 Å². The van der Waals surface area contributed by atoms with Gasteiger partial charge in [0.2, 0.25) is 0 Å². The minimum Gasteiger partial charge on any atom is -0.374 e. The molecule has 1 heterocycles. The number of ether oxygens (including phenoxy) is 2. The van der Waals surface area contributed by atoms with Gasteiger partial charge in [0, 0.05) is 0 Å². The molecule has 1 atom stereocenters. The minimum absolute atomic E-state index is 0.